The number of hydrogen-bond acceptors (Lipinski definition) is 4. The zero-order valence-electron chi connectivity index (χ0n) is 17.9. The highest BCUT2D eigenvalue weighted by Gasteiger charge is 2.23. The summed E-state index contributed by atoms with van der Waals surface area (Å²) in [6, 6.07) is 18.5. The van der Waals surface area contributed by atoms with Gasteiger partial charge in [0.05, 0.1) is 11.1 Å². The Bertz CT molecular complexity index is 1100. The van der Waals surface area contributed by atoms with E-state index in [4.69, 9.17) is 23.2 Å². The van der Waals surface area contributed by atoms with Crippen molar-refractivity contribution >= 4 is 41.1 Å². The van der Waals surface area contributed by atoms with Gasteiger partial charge in [-0.25, -0.2) is 4.72 Å². The molecule has 1 N–H and O–H groups in total. The molecule has 32 heavy (non-hydrogen) atoms. The Balaban J connectivity index is 1.75. The van der Waals surface area contributed by atoms with Crippen molar-refractivity contribution in [1.82, 2.24) is 14.2 Å². The van der Waals surface area contributed by atoms with Crippen LogP contribution in [0.15, 0.2) is 65.7 Å². The molecule has 3 aromatic rings. The summed E-state index contributed by atoms with van der Waals surface area (Å²) in [5.41, 5.74) is 2.56. The zero-order chi connectivity index (χ0) is 23.1. The van der Waals surface area contributed by atoms with Crippen LogP contribution in [-0.4, -0.2) is 28.5 Å². The maximum atomic E-state index is 13.3. The highest BCUT2D eigenvalue weighted by Crippen LogP contribution is 2.29. The van der Waals surface area contributed by atoms with Crippen molar-refractivity contribution in [2.24, 2.45) is 0 Å². The number of aryl methyl sites for hydroxylation is 2. The van der Waals surface area contributed by atoms with E-state index in [2.05, 4.69) is 10.8 Å². The second-order valence-corrected chi connectivity index (χ2v) is 9.16. The summed E-state index contributed by atoms with van der Waals surface area (Å²) in [6.45, 7) is 2.96. The minimum Gasteiger partial charge on any atom is -0.340 e. The predicted octanol–water partition coefficient (Wildman–Crippen LogP) is 5.69. The molecule has 5 nitrogen and oxygen atoms in total. The van der Waals surface area contributed by atoms with Crippen molar-refractivity contribution < 1.29 is 4.79 Å². The molecule has 1 heterocycles. The second kappa shape index (κ2) is 11.4. The molecule has 8 heteroatoms. The number of nitrogens with zero attached hydrogens (tertiary/aromatic N) is 3. The molecule has 1 atom stereocenters. The van der Waals surface area contributed by atoms with Crippen molar-refractivity contribution in [3.63, 3.8) is 0 Å². The first kappa shape index (κ1) is 24.2. The summed E-state index contributed by atoms with van der Waals surface area (Å²) in [7, 11) is 1.78. The highest BCUT2D eigenvalue weighted by atomic mass is 35.5. The molecule has 0 spiro atoms. The molecule has 1 aromatic heterocycles. The predicted molar refractivity (Wildman–Crippen MR) is 131 cm³/mol. The third kappa shape index (κ3) is 6.30. The average molecular weight is 487 g/mol. The normalized spacial score (nSPS) is 11.7. The molecule has 0 saturated heterocycles. The largest absolute Gasteiger partial charge is 0.340 e. The van der Waals surface area contributed by atoms with Crippen LogP contribution < -0.4 is 4.72 Å². The zero-order valence-corrected chi connectivity index (χ0v) is 20.2. The molecule has 3 rings (SSSR count). The van der Waals surface area contributed by atoms with Gasteiger partial charge >= 0.3 is 0 Å². The minimum absolute atomic E-state index is 0.0483. The van der Waals surface area contributed by atoms with E-state index >= 15 is 0 Å². The Labute approximate surface area is 203 Å². The van der Waals surface area contributed by atoms with Crippen molar-refractivity contribution in [2.45, 2.75) is 37.4 Å². The summed E-state index contributed by atoms with van der Waals surface area (Å²) >= 11 is 13.8. The molecule has 0 fully saturated rings. The summed E-state index contributed by atoms with van der Waals surface area (Å²) in [5.74, 6) is -0.0483. The van der Waals surface area contributed by atoms with Crippen LogP contribution in [0.2, 0.25) is 10.0 Å². The van der Waals surface area contributed by atoms with Gasteiger partial charge in [-0.05, 0) is 66.8 Å². The number of nitrogens with one attached hydrogen (secondary N) is 1. The van der Waals surface area contributed by atoms with E-state index in [9.17, 15) is 10.1 Å². The fourth-order valence-corrected chi connectivity index (χ4v) is 4.76. The number of amides is 1. The maximum absolute atomic E-state index is 13.3. The van der Waals surface area contributed by atoms with E-state index in [-0.39, 0.29) is 5.91 Å². The van der Waals surface area contributed by atoms with Gasteiger partial charge < -0.3 is 9.47 Å². The molecule has 2 aromatic carbocycles. The molecule has 0 bridgehead atoms. The van der Waals surface area contributed by atoms with Gasteiger partial charge in [0, 0.05) is 36.3 Å². The van der Waals surface area contributed by atoms with Crippen LogP contribution >= 0.6 is 35.1 Å². The van der Waals surface area contributed by atoms with Crippen LogP contribution in [0.25, 0.3) is 0 Å². The molecule has 0 aliphatic carbocycles. The Morgan fingerprint density at radius 1 is 1.22 bits per heavy atom. The molecule has 0 aliphatic heterocycles. The van der Waals surface area contributed by atoms with Crippen LogP contribution in [0.5, 0.6) is 0 Å². The lowest BCUT2D eigenvalue weighted by atomic mass is 10.1. The quantitative estimate of drug-likeness (QED) is 0.394. The van der Waals surface area contributed by atoms with Crippen molar-refractivity contribution in [3.05, 3.63) is 87.7 Å². The fourth-order valence-electron chi connectivity index (χ4n) is 3.34. The van der Waals surface area contributed by atoms with Gasteiger partial charge in [-0.3, -0.25) is 4.79 Å². The molecular formula is C24H24Cl2N4OS. The van der Waals surface area contributed by atoms with Crippen molar-refractivity contribution in [1.29, 1.82) is 5.26 Å². The summed E-state index contributed by atoms with van der Waals surface area (Å²) in [5, 5.41) is 10.6. The third-order valence-corrected chi connectivity index (χ3v) is 6.86. The summed E-state index contributed by atoms with van der Waals surface area (Å²) in [4.78, 5) is 15.9. The number of nitriles is 1. The van der Waals surface area contributed by atoms with Crippen LogP contribution in [-0.2, 0) is 17.9 Å². The molecule has 1 unspecified atom stereocenters. The van der Waals surface area contributed by atoms with Gasteiger partial charge in [0.15, 0.2) is 0 Å². The standard InChI is InChI=1S/C24H24Cl2N4OS/c1-17-6-3-10-21(26)23(17)32-28-22(11-13-30-12-5-9-20(30)15-27)24(31)29(2)16-18-7-4-8-19(25)14-18/h3-10,12,14,22,28H,11,13,16H2,1-2H3. The monoisotopic (exact) mass is 486 g/mol. The Hall–Kier alpha value is -2.43. The topological polar surface area (TPSA) is 61.1 Å². The Morgan fingerprint density at radius 2 is 2.00 bits per heavy atom. The van der Waals surface area contributed by atoms with Gasteiger partial charge in [-0.1, -0.05) is 47.5 Å². The van der Waals surface area contributed by atoms with Crippen molar-refractivity contribution in [3.8, 4) is 6.07 Å². The van der Waals surface area contributed by atoms with Crippen LogP contribution in [0.4, 0.5) is 0 Å². The van der Waals surface area contributed by atoms with Gasteiger partial charge in [-0.15, -0.1) is 0 Å². The first-order valence-corrected chi connectivity index (χ1v) is 11.7. The van der Waals surface area contributed by atoms with Gasteiger partial charge in [0.25, 0.3) is 0 Å². The summed E-state index contributed by atoms with van der Waals surface area (Å²) in [6.07, 6.45) is 2.36. The molecule has 0 aliphatic rings. The van der Waals surface area contributed by atoms with Crippen LogP contribution in [0.1, 0.15) is 23.2 Å². The maximum Gasteiger partial charge on any atom is 0.240 e. The number of carbonyl (C=O) groups is 1. The molecule has 0 radical (unpaired) electrons. The van der Waals surface area contributed by atoms with Gasteiger partial charge in [0.2, 0.25) is 5.91 Å². The second-order valence-electron chi connectivity index (χ2n) is 7.47. The number of hydrogen-bond donors (Lipinski definition) is 1. The Kier molecular flexibility index (Phi) is 8.66. The smallest absolute Gasteiger partial charge is 0.240 e. The molecule has 0 saturated carbocycles. The third-order valence-electron chi connectivity index (χ3n) is 5.05. The van der Waals surface area contributed by atoms with E-state index in [1.54, 1.807) is 18.0 Å². The number of halogens is 2. The molecule has 166 valence electrons. The highest BCUT2D eigenvalue weighted by molar-refractivity contribution is 7.97. The number of likely N-dealkylation sites (N-methyl/N-ethyl adjacent to an activating group) is 1. The van der Waals surface area contributed by atoms with E-state index in [1.165, 1.54) is 11.9 Å². The summed E-state index contributed by atoms with van der Waals surface area (Å²) < 4.78 is 5.17. The first-order valence-electron chi connectivity index (χ1n) is 10.1. The molecule has 1 amide bonds. The Morgan fingerprint density at radius 3 is 2.72 bits per heavy atom. The van der Waals surface area contributed by atoms with Gasteiger partial charge in [0.1, 0.15) is 11.8 Å². The van der Waals surface area contributed by atoms with E-state index in [0.29, 0.717) is 35.2 Å². The lowest BCUT2D eigenvalue weighted by Gasteiger charge is -2.25. The number of carbonyl (C=O) groups excluding carboxylic acids is 1. The minimum atomic E-state index is -0.478. The fraction of sp³-hybridized carbons (Fsp3) is 0.250. The number of rotatable bonds is 9. The lowest BCUT2D eigenvalue weighted by Crippen LogP contribution is -2.43. The van der Waals surface area contributed by atoms with E-state index in [1.807, 2.05) is 66.2 Å². The van der Waals surface area contributed by atoms with E-state index < -0.39 is 6.04 Å². The first-order chi connectivity index (χ1) is 15.4. The average Bonchev–Trinajstić information content (AvgIpc) is 3.22. The SMILES string of the molecule is Cc1cccc(Cl)c1SNC(CCn1cccc1C#N)C(=O)N(C)Cc1cccc(Cl)c1. The number of benzene rings is 2. The van der Waals surface area contributed by atoms with Gasteiger partial charge in [-0.2, -0.15) is 5.26 Å². The van der Waals surface area contributed by atoms with Crippen LogP contribution in [0, 0.1) is 18.3 Å². The lowest BCUT2D eigenvalue weighted by molar-refractivity contribution is -0.132. The number of aromatic nitrogens is 1. The van der Waals surface area contributed by atoms with Crippen molar-refractivity contribution in [2.75, 3.05) is 7.05 Å². The molecular weight excluding hydrogens is 463 g/mol. The van der Waals surface area contributed by atoms with E-state index in [0.717, 1.165) is 16.0 Å². The van der Waals surface area contributed by atoms with Crippen LogP contribution in [0.3, 0.4) is 0 Å².